The number of nitrogens with two attached hydrogens (primary N) is 1. The number of carbonyl (C=O) groups excluding carboxylic acids is 4. The van der Waals surface area contributed by atoms with Gasteiger partial charge in [0.2, 0.25) is 5.91 Å². The average Bonchev–Trinajstić information content (AvgIpc) is 3.66. The summed E-state index contributed by atoms with van der Waals surface area (Å²) in [5, 5.41) is 14.9. The molecule has 10 heteroatoms. The highest BCUT2D eigenvalue weighted by Gasteiger charge is 2.50. The normalized spacial score (nSPS) is 18.0. The summed E-state index contributed by atoms with van der Waals surface area (Å²) in [4.78, 5) is 54.5. The van der Waals surface area contributed by atoms with E-state index in [9.17, 15) is 24.3 Å². The number of carbonyl (C=O) groups is 4. The molecule has 2 aromatic rings. The summed E-state index contributed by atoms with van der Waals surface area (Å²) in [5.41, 5.74) is 7.14. The molecule has 1 aliphatic rings. The van der Waals surface area contributed by atoms with Crippen LogP contribution in [0.2, 0.25) is 0 Å². The summed E-state index contributed by atoms with van der Waals surface area (Å²) >= 11 is 0. The van der Waals surface area contributed by atoms with Crippen LogP contribution >= 0.6 is 0 Å². The zero-order chi connectivity index (χ0) is 26.9. The summed E-state index contributed by atoms with van der Waals surface area (Å²) in [6, 6.07) is 11.0. The number of hydrogen-bond donors (Lipinski definition) is 4. The molecule has 1 aliphatic heterocycles. The average molecular weight is 511 g/mol. The van der Waals surface area contributed by atoms with E-state index in [1.807, 2.05) is 32.0 Å². The van der Waals surface area contributed by atoms with Crippen LogP contribution in [0.15, 0.2) is 48.7 Å². The van der Waals surface area contributed by atoms with E-state index in [4.69, 9.17) is 10.5 Å². The van der Waals surface area contributed by atoms with Crippen molar-refractivity contribution in [3.05, 3.63) is 59.9 Å². The summed E-state index contributed by atoms with van der Waals surface area (Å²) in [7, 11) is 0. The van der Waals surface area contributed by atoms with Gasteiger partial charge in [-0.05, 0) is 48.6 Å². The van der Waals surface area contributed by atoms with Crippen molar-refractivity contribution in [2.45, 2.75) is 57.8 Å². The number of hydrogen-bond acceptors (Lipinski definition) is 7. The second kappa shape index (κ2) is 13.0. The number of aromatic nitrogens is 1. The van der Waals surface area contributed by atoms with E-state index in [1.54, 1.807) is 18.3 Å². The first kappa shape index (κ1) is 27.8. The molecule has 198 valence electrons. The maximum absolute atomic E-state index is 13.1. The first-order chi connectivity index (χ1) is 17.6. The molecule has 0 bridgehead atoms. The maximum Gasteiger partial charge on any atom is 0.253 e. The molecule has 1 aromatic carbocycles. The highest BCUT2D eigenvalue weighted by atomic mass is 16.6. The van der Waals surface area contributed by atoms with E-state index in [2.05, 4.69) is 15.6 Å². The van der Waals surface area contributed by atoms with Gasteiger partial charge in [-0.15, -0.1) is 0 Å². The molecule has 0 spiro atoms. The predicted octanol–water partition coefficient (Wildman–Crippen LogP) is 1.05. The summed E-state index contributed by atoms with van der Waals surface area (Å²) in [5.74, 6) is -2.46. The number of amides is 3. The molecule has 2 heterocycles. The van der Waals surface area contributed by atoms with Crippen molar-refractivity contribution < 1.29 is 29.0 Å². The standard InChI is InChI=1S/C27H34N4O6/c1-16(2)13-21(22(33)15-18(25(28)34)14-17-6-8-20(32)9-7-17)31-27(36)24-23(37-24)26(35)30-12-10-19-5-3-4-11-29-19/h3-9,11,16,18,21,23-24,32H,10,12-15H2,1-2H3,(H2,28,34)(H,30,35)(H,31,36)/t18-,21+,23-,24-/m1/s1. The highest BCUT2D eigenvalue weighted by molar-refractivity contribution is 5.98. The first-order valence-corrected chi connectivity index (χ1v) is 12.4. The van der Waals surface area contributed by atoms with Crippen LogP contribution in [0.5, 0.6) is 5.75 Å². The van der Waals surface area contributed by atoms with Gasteiger partial charge in [-0.2, -0.15) is 0 Å². The lowest BCUT2D eigenvalue weighted by atomic mass is 9.89. The molecule has 4 atom stereocenters. The second-order valence-corrected chi connectivity index (χ2v) is 9.67. The fraction of sp³-hybridized carbons (Fsp3) is 0.444. The number of nitrogens with zero attached hydrogens (tertiary/aromatic N) is 1. The van der Waals surface area contributed by atoms with Crippen LogP contribution in [-0.2, 0) is 36.8 Å². The molecule has 0 unspecified atom stereocenters. The Morgan fingerprint density at radius 1 is 1.05 bits per heavy atom. The van der Waals surface area contributed by atoms with Gasteiger partial charge in [0.05, 0.1) is 6.04 Å². The highest BCUT2D eigenvalue weighted by Crippen LogP contribution is 2.24. The van der Waals surface area contributed by atoms with Gasteiger partial charge in [-0.25, -0.2) is 0 Å². The van der Waals surface area contributed by atoms with Gasteiger partial charge in [0.1, 0.15) is 5.75 Å². The maximum atomic E-state index is 13.1. The van der Waals surface area contributed by atoms with E-state index < -0.39 is 41.9 Å². The third-order valence-corrected chi connectivity index (χ3v) is 6.10. The molecule has 0 aliphatic carbocycles. The Balaban J connectivity index is 1.53. The first-order valence-electron chi connectivity index (χ1n) is 12.4. The van der Waals surface area contributed by atoms with Crippen molar-refractivity contribution in [1.29, 1.82) is 0 Å². The number of epoxide rings is 1. The molecule has 1 aromatic heterocycles. The van der Waals surface area contributed by atoms with E-state index in [0.29, 0.717) is 19.4 Å². The molecule has 1 fully saturated rings. The molecule has 0 saturated carbocycles. The Bertz CT molecular complexity index is 1090. The van der Waals surface area contributed by atoms with E-state index in [1.165, 1.54) is 12.1 Å². The van der Waals surface area contributed by atoms with Gasteiger partial charge >= 0.3 is 0 Å². The number of pyridine rings is 1. The Morgan fingerprint density at radius 2 is 1.76 bits per heavy atom. The summed E-state index contributed by atoms with van der Waals surface area (Å²) in [6.45, 7) is 4.19. The van der Waals surface area contributed by atoms with Gasteiger partial charge in [0, 0.05) is 37.2 Å². The summed E-state index contributed by atoms with van der Waals surface area (Å²) < 4.78 is 5.29. The lowest BCUT2D eigenvalue weighted by molar-refractivity contribution is -0.131. The molecule has 3 rings (SSSR count). The van der Waals surface area contributed by atoms with Crippen LogP contribution in [0, 0.1) is 11.8 Å². The SMILES string of the molecule is CC(C)C[C@H](NC(=O)[C@@H]1O[C@H]1C(=O)NCCc1ccccn1)C(=O)C[C@@H](Cc1ccc(O)cc1)C(N)=O. The van der Waals surface area contributed by atoms with Crippen molar-refractivity contribution >= 4 is 23.5 Å². The predicted molar refractivity (Wildman–Crippen MR) is 135 cm³/mol. The lowest BCUT2D eigenvalue weighted by Crippen LogP contribution is -2.46. The number of phenolic OH excluding ortho intramolecular Hbond substituents is 1. The van der Waals surface area contributed by atoms with Crippen molar-refractivity contribution in [2.75, 3.05) is 6.54 Å². The molecule has 5 N–H and O–H groups in total. The molecule has 0 radical (unpaired) electrons. The van der Waals surface area contributed by atoms with Crippen LogP contribution in [0.4, 0.5) is 0 Å². The van der Waals surface area contributed by atoms with E-state index >= 15 is 0 Å². The fourth-order valence-electron chi connectivity index (χ4n) is 4.04. The largest absolute Gasteiger partial charge is 0.508 e. The number of ether oxygens (including phenoxy) is 1. The molecule has 1 saturated heterocycles. The smallest absolute Gasteiger partial charge is 0.253 e. The molecular formula is C27H34N4O6. The van der Waals surface area contributed by atoms with E-state index in [0.717, 1.165) is 11.3 Å². The number of Topliss-reactive ketones (excluding diaryl/α,β-unsaturated/α-hetero) is 1. The van der Waals surface area contributed by atoms with Gasteiger partial charge < -0.3 is 26.2 Å². The number of ketones is 1. The van der Waals surface area contributed by atoms with Crippen LogP contribution in [0.3, 0.4) is 0 Å². The molecular weight excluding hydrogens is 476 g/mol. The minimum Gasteiger partial charge on any atom is -0.508 e. The Hall–Kier alpha value is -3.79. The Kier molecular flexibility index (Phi) is 9.73. The zero-order valence-electron chi connectivity index (χ0n) is 21.1. The van der Waals surface area contributed by atoms with E-state index in [-0.39, 0.29) is 30.3 Å². The van der Waals surface area contributed by atoms with Crippen LogP contribution < -0.4 is 16.4 Å². The molecule has 37 heavy (non-hydrogen) atoms. The summed E-state index contributed by atoms with van der Waals surface area (Å²) in [6.07, 6.45) is 0.796. The Morgan fingerprint density at radius 3 is 2.38 bits per heavy atom. The van der Waals surface area contributed by atoms with Crippen LogP contribution in [0.1, 0.15) is 37.9 Å². The topological polar surface area (TPSA) is 164 Å². The van der Waals surface area contributed by atoms with Crippen molar-refractivity contribution in [3.8, 4) is 5.75 Å². The Labute approximate surface area is 216 Å². The number of phenols is 1. The third-order valence-electron chi connectivity index (χ3n) is 6.10. The minimum atomic E-state index is -0.971. The number of primary amides is 1. The molecule has 10 nitrogen and oxygen atoms in total. The molecule has 3 amide bonds. The van der Waals surface area contributed by atoms with Crippen molar-refractivity contribution in [1.82, 2.24) is 15.6 Å². The lowest BCUT2D eigenvalue weighted by Gasteiger charge is -2.21. The number of benzene rings is 1. The second-order valence-electron chi connectivity index (χ2n) is 9.67. The van der Waals surface area contributed by atoms with Crippen LogP contribution in [-0.4, -0.2) is 58.4 Å². The van der Waals surface area contributed by atoms with Gasteiger partial charge in [-0.1, -0.05) is 32.0 Å². The van der Waals surface area contributed by atoms with Gasteiger partial charge in [-0.3, -0.25) is 24.2 Å². The van der Waals surface area contributed by atoms with Gasteiger partial charge in [0.15, 0.2) is 18.0 Å². The third kappa shape index (κ3) is 8.68. The number of aromatic hydroxyl groups is 1. The monoisotopic (exact) mass is 510 g/mol. The zero-order valence-corrected chi connectivity index (χ0v) is 21.1. The fourth-order valence-corrected chi connectivity index (χ4v) is 4.04. The van der Waals surface area contributed by atoms with Crippen molar-refractivity contribution in [3.63, 3.8) is 0 Å². The minimum absolute atomic E-state index is 0.0872. The quantitative estimate of drug-likeness (QED) is 0.276. The van der Waals surface area contributed by atoms with Crippen molar-refractivity contribution in [2.24, 2.45) is 17.6 Å². The van der Waals surface area contributed by atoms with Gasteiger partial charge in [0.25, 0.3) is 11.8 Å². The number of rotatable bonds is 14. The number of nitrogens with one attached hydrogen (secondary N) is 2. The van der Waals surface area contributed by atoms with Crippen LogP contribution in [0.25, 0.3) is 0 Å².